The van der Waals surface area contributed by atoms with Gasteiger partial charge in [-0.1, -0.05) is 29.5 Å². The molecule has 2 aromatic heterocycles. The first-order valence-electron chi connectivity index (χ1n) is 7.16. The highest BCUT2D eigenvalue weighted by molar-refractivity contribution is 7.99. The Balaban J connectivity index is 1.84. The molecule has 0 unspecified atom stereocenters. The van der Waals surface area contributed by atoms with E-state index in [1.165, 1.54) is 23.7 Å². The minimum absolute atomic E-state index is 0.515. The van der Waals surface area contributed by atoms with Crippen molar-refractivity contribution in [3.8, 4) is 0 Å². The minimum Gasteiger partial charge on any atom is -0.394 e. The van der Waals surface area contributed by atoms with Crippen LogP contribution in [0.4, 0.5) is 17.3 Å². The van der Waals surface area contributed by atoms with Crippen molar-refractivity contribution >= 4 is 29.1 Å². The Bertz CT molecular complexity index is 817. The molecule has 1 aromatic carbocycles. The fourth-order valence-electron chi connectivity index (χ4n) is 2.00. The molecular formula is C17H17N5S. The van der Waals surface area contributed by atoms with Gasteiger partial charge in [0.05, 0.1) is 0 Å². The predicted molar refractivity (Wildman–Crippen MR) is 94.0 cm³/mol. The van der Waals surface area contributed by atoms with Crippen LogP contribution in [0, 0.1) is 13.8 Å². The maximum atomic E-state index is 6.21. The molecule has 2 heterocycles. The summed E-state index contributed by atoms with van der Waals surface area (Å²) in [5.74, 6) is 1.27. The van der Waals surface area contributed by atoms with Crippen LogP contribution in [0.3, 0.4) is 0 Å². The van der Waals surface area contributed by atoms with Crippen LogP contribution < -0.4 is 11.1 Å². The number of nitrogen functional groups attached to an aromatic ring is 1. The number of nitrogens with two attached hydrogens (primary N) is 1. The Labute approximate surface area is 139 Å². The van der Waals surface area contributed by atoms with Gasteiger partial charge >= 0.3 is 0 Å². The lowest BCUT2D eigenvalue weighted by Crippen LogP contribution is -2.03. The molecule has 0 aliphatic carbocycles. The lowest BCUT2D eigenvalue weighted by Gasteiger charge is -2.10. The number of hydrogen-bond acceptors (Lipinski definition) is 6. The smallest absolute Gasteiger partial charge is 0.159 e. The third-order valence-electron chi connectivity index (χ3n) is 3.24. The van der Waals surface area contributed by atoms with Gasteiger partial charge in [0.1, 0.15) is 22.9 Å². The SMILES string of the molecule is Cc1ccc(Sc2ncnc(Nc3cc(C)ccn3)c2N)cc1. The Morgan fingerprint density at radius 2 is 1.74 bits per heavy atom. The first kappa shape index (κ1) is 15.3. The van der Waals surface area contributed by atoms with Crippen LogP contribution in [0.1, 0.15) is 11.1 Å². The van der Waals surface area contributed by atoms with Crippen molar-refractivity contribution in [2.45, 2.75) is 23.8 Å². The van der Waals surface area contributed by atoms with Crippen molar-refractivity contribution in [2.24, 2.45) is 0 Å². The average molecular weight is 323 g/mol. The second-order valence-electron chi connectivity index (χ2n) is 5.20. The highest BCUT2D eigenvalue weighted by Gasteiger charge is 2.10. The van der Waals surface area contributed by atoms with E-state index < -0.39 is 0 Å². The minimum atomic E-state index is 0.515. The van der Waals surface area contributed by atoms with Gasteiger partial charge in [0.15, 0.2) is 5.82 Å². The summed E-state index contributed by atoms with van der Waals surface area (Å²) in [5.41, 5.74) is 9.06. The highest BCUT2D eigenvalue weighted by Crippen LogP contribution is 2.33. The van der Waals surface area contributed by atoms with E-state index in [4.69, 9.17) is 5.73 Å². The molecule has 0 bridgehead atoms. The van der Waals surface area contributed by atoms with E-state index in [0.717, 1.165) is 15.5 Å². The van der Waals surface area contributed by atoms with E-state index in [1.54, 1.807) is 6.20 Å². The molecule has 0 spiro atoms. The molecule has 116 valence electrons. The van der Waals surface area contributed by atoms with Crippen molar-refractivity contribution in [1.82, 2.24) is 15.0 Å². The number of anilines is 3. The summed E-state index contributed by atoms with van der Waals surface area (Å²) in [7, 11) is 0. The maximum Gasteiger partial charge on any atom is 0.159 e. The van der Waals surface area contributed by atoms with E-state index in [-0.39, 0.29) is 0 Å². The number of nitrogens with zero attached hydrogens (tertiary/aromatic N) is 3. The molecule has 0 aliphatic rings. The van der Waals surface area contributed by atoms with Gasteiger partial charge in [-0.15, -0.1) is 0 Å². The van der Waals surface area contributed by atoms with Gasteiger partial charge in [-0.05, 0) is 43.7 Å². The number of aryl methyl sites for hydroxylation is 2. The largest absolute Gasteiger partial charge is 0.394 e. The molecule has 0 aliphatic heterocycles. The van der Waals surface area contributed by atoms with Gasteiger partial charge in [-0.2, -0.15) is 0 Å². The van der Waals surface area contributed by atoms with E-state index in [9.17, 15) is 0 Å². The van der Waals surface area contributed by atoms with Crippen molar-refractivity contribution in [3.63, 3.8) is 0 Å². The number of aromatic nitrogens is 3. The van der Waals surface area contributed by atoms with E-state index >= 15 is 0 Å². The second-order valence-corrected chi connectivity index (χ2v) is 6.26. The summed E-state index contributed by atoms with van der Waals surface area (Å²) in [6.45, 7) is 4.07. The first-order chi connectivity index (χ1) is 11.1. The van der Waals surface area contributed by atoms with Crippen molar-refractivity contribution in [2.75, 3.05) is 11.1 Å². The summed E-state index contributed by atoms with van der Waals surface area (Å²) in [6.07, 6.45) is 3.25. The molecule has 0 radical (unpaired) electrons. The number of nitrogens with one attached hydrogen (secondary N) is 1. The lowest BCUT2D eigenvalue weighted by atomic mass is 10.2. The number of benzene rings is 1. The third-order valence-corrected chi connectivity index (χ3v) is 4.27. The molecule has 6 heteroatoms. The Hall–Kier alpha value is -2.60. The van der Waals surface area contributed by atoms with Crippen LogP contribution in [-0.2, 0) is 0 Å². The van der Waals surface area contributed by atoms with Gasteiger partial charge in [0.2, 0.25) is 0 Å². The molecule has 5 nitrogen and oxygen atoms in total. The van der Waals surface area contributed by atoms with Crippen LogP contribution in [0.15, 0.2) is 58.8 Å². The van der Waals surface area contributed by atoms with E-state index in [2.05, 4.69) is 51.5 Å². The monoisotopic (exact) mass is 323 g/mol. The summed E-state index contributed by atoms with van der Waals surface area (Å²) in [5, 5.41) is 3.87. The molecule has 3 aromatic rings. The number of hydrogen-bond donors (Lipinski definition) is 2. The zero-order valence-corrected chi connectivity index (χ0v) is 13.8. The predicted octanol–water partition coefficient (Wildman–Crippen LogP) is 3.97. The van der Waals surface area contributed by atoms with E-state index in [1.807, 2.05) is 19.1 Å². The average Bonchev–Trinajstić information content (AvgIpc) is 2.53. The van der Waals surface area contributed by atoms with Gasteiger partial charge in [0.25, 0.3) is 0 Å². The van der Waals surface area contributed by atoms with Gasteiger partial charge in [-0.3, -0.25) is 0 Å². The van der Waals surface area contributed by atoms with Crippen LogP contribution in [0.2, 0.25) is 0 Å². The molecule has 0 saturated heterocycles. The first-order valence-corrected chi connectivity index (χ1v) is 7.98. The summed E-state index contributed by atoms with van der Waals surface area (Å²) >= 11 is 1.51. The van der Waals surface area contributed by atoms with Crippen molar-refractivity contribution in [1.29, 1.82) is 0 Å². The summed E-state index contributed by atoms with van der Waals surface area (Å²) < 4.78 is 0. The molecule has 3 N–H and O–H groups in total. The number of pyridine rings is 1. The molecule has 0 fully saturated rings. The summed E-state index contributed by atoms with van der Waals surface area (Å²) in [6, 6.07) is 12.1. The second kappa shape index (κ2) is 6.66. The molecule has 23 heavy (non-hydrogen) atoms. The maximum absolute atomic E-state index is 6.21. The van der Waals surface area contributed by atoms with Gasteiger partial charge < -0.3 is 11.1 Å². The Morgan fingerprint density at radius 3 is 2.48 bits per heavy atom. The topological polar surface area (TPSA) is 76.7 Å². The number of rotatable bonds is 4. The zero-order chi connectivity index (χ0) is 16.2. The molecule has 0 saturated carbocycles. The van der Waals surface area contributed by atoms with Crippen LogP contribution in [0.5, 0.6) is 0 Å². The van der Waals surface area contributed by atoms with Crippen molar-refractivity contribution in [3.05, 3.63) is 60.0 Å². The molecule has 0 amide bonds. The normalized spacial score (nSPS) is 10.5. The van der Waals surface area contributed by atoms with Crippen LogP contribution >= 0.6 is 11.8 Å². The summed E-state index contributed by atoms with van der Waals surface area (Å²) in [4.78, 5) is 13.9. The fraction of sp³-hybridized carbons (Fsp3) is 0.118. The Kier molecular flexibility index (Phi) is 4.43. The fourth-order valence-corrected chi connectivity index (χ4v) is 2.81. The van der Waals surface area contributed by atoms with Gasteiger partial charge in [0, 0.05) is 11.1 Å². The highest BCUT2D eigenvalue weighted by atomic mass is 32.2. The van der Waals surface area contributed by atoms with Gasteiger partial charge in [-0.25, -0.2) is 15.0 Å². The third kappa shape index (κ3) is 3.78. The lowest BCUT2D eigenvalue weighted by molar-refractivity contribution is 1.05. The standard InChI is InChI=1S/C17H17N5S/c1-11-3-5-13(6-4-11)23-17-15(18)16(20-10-21-17)22-14-9-12(2)7-8-19-14/h3-10H,18H2,1-2H3,(H,19,20,21,22). The van der Waals surface area contributed by atoms with Crippen molar-refractivity contribution < 1.29 is 0 Å². The molecule has 0 atom stereocenters. The quantitative estimate of drug-likeness (QED) is 0.708. The Morgan fingerprint density at radius 1 is 0.957 bits per heavy atom. The van der Waals surface area contributed by atoms with Crippen LogP contribution in [0.25, 0.3) is 0 Å². The van der Waals surface area contributed by atoms with Crippen LogP contribution in [-0.4, -0.2) is 15.0 Å². The molecular weight excluding hydrogens is 306 g/mol. The molecule has 3 rings (SSSR count). The zero-order valence-electron chi connectivity index (χ0n) is 12.9. The van der Waals surface area contributed by atoms with E-state index in [0.29, 0.717) is 17.3 Å².